The molecule has 2 heterocycles. The van der Waals surface area contributed by atoms with Crippen LogP contribution in [0.4, 0.5) is 11.6 Å². The Morgan fingerprint density at radius 2 is 2.40 bits per heavy atom. The van der Waals surface area contributed by atoms with E-state index in [9.17, 15) is 0 Å². The van der Waals surface area contributed by atoms with Crippen LogP contribution in [-0.2, 0) is 6.54 Å². The average molecular weight is 268 g/mol. The van der Waals surface area contributed by atoms with E-state index in [4.69, 9.17) is 5.73 Å². The van der Waals surface area contributed by atoms with Crippen LogP contribution in [0.3, 0.4) is 0 Å². The third kappa shape index (κ3) is 2.27. The summed E-state index contributed by atoms with van der Waals surface area (Å²) >= 11 is 3.40. The minimum atomic E-state index is 0.578. The lowest BCUT2D eigenvalue weighted by Gasteiger charge is -2.05. The maximum Gasteiger partial charge on any atom is 0.140 e. The number of halogens is 1. The number of pyridine rings is 1. The van der Waals surface area contributed by atoms with Crippen LogP contribution < -0.4 is 11.1 Å². The van der Waals surface area contributed by atoms with Crippen molar-refractivity contribution < 1.29 is 0 Å². The third-order valence-electron chi connectivity index (χ3n) is 1.96. The van der Waals surface area contributed by atoms with Gasteiger partial charge in [0.05, 0.1) is 10.7 Å². The van der Waals surface area contributed by atoms with Gasteiger partial charge >= 0.3 is 0 Å². The van der Waals surface area contributed by atoms with Gasteiger partial charge in [-0.15, -0.1) is 0 Å². The van der Waals surface area contributed by atoms with Gasteiger partial charge in [-0.2, -0.15) is 5.10 Å². The van der Waals surface area contributed by atoms with Crippen LogP contribution in [-0.4, -0.2) is 15.2 Å². The van der Waals surface area contributed by atoms with Gasteiger partial charge in [-0.3, -0.25) is 5.10 Å². The van der Waals surface area contributed by atoms with Crippen LogP contribution in [0.5, 0.6) is 0 Å². The molecule has 78 valence electrons. The predicted octanol–water partition coefficient (Wildman–Crippen LogP) is 1.76. The number of nitrogens with one attached hydrogen (secondary N) is 2. The number of nitrogens with zero attached hydrogens (tertiary/aromatic N) is 2. The Morgan fingerprint density at radius 3 is 3.07 bits per heavy atom. The van der Waals surface area contributed by atoms with Crippen molar-refractivity contribution in [2.45, 2.75) is 6.54 Å². The fraction of sp³-hybridized carbons (Fsp3) is 0.111. The van der Waals surface area contributed by atoms with E-state index in [0.29, 0.717) is 12.4 Å². The van der Waals surface area contributed by atoms with Crippen LogP contribution in [0.25, 0.3) is 0 Å². The summed E-state index contributed by atoms with van der Waals surface area (Å²) in [7, 11) is 0. The molecule has 0 spiro atoms. The van der Waals surface area contributed by atoms with Gasteiger partial charge in [-0.25, -0.2) is 4.98 Å². The van der Waals surface area contributed by atoms with Crippen molar-refractivity contribution in [2.24, 2.45) is 0 Å². The molecule has 2 aromatic heterocycles. The molecule has 0 aromatic carbocycles. The summed E-state index contributed by atoms with van der Waals surface area (Å²) in [5, 5.41) is 9.67. The fourth-order valence-corrected chi connectivity index (χ4v) is 1.55. The first-order valence-corrected chi connectivity index (χ1v) is 5.19. The number of hydrogen-bond donors (Lipinski definition) is 3. The normalized spacial score (nSPS) is 10.2. The van der Waals surface area contributed by atoms with E-state index in [2.05, 4.69) is 36.4 Å². The largest absolute Gasteiger partial charge is 0.384 e. The van der Waals surface area contributed by atoms with Gasteiger partial charge in [0.25, 0.3) is 0 Å². The Hall–Kier alpha value is -1.56. The number of hydrogen-bond acceptors (Lipinski definition) is 4. The van der Waals surface area contributed by atoms with Gasteiger partial charge < -0.3 is 11.1 Å². The van der Waals surface area contributed by atoms with Crippen LogP contribution in [0, 0.1) is 0 Å². The highest BCUT2D eigenvalue weighted by Crippen LogP contribution is 2.19. The van der Waals surface area contributed by atoms with Crippen LogP contribution in [0.1, 0.15) is 5.56 Å². The molecule has 0 radical (unpaired) electrons. The van der Waals surface area contributed by atoms with E-state index in [1.165, 1.54) is 0 Å². The molecule has 2 rings (SSSR count). The van der Waals surface area contributed by atoms with Gasteiger partial charge in [-0.05, 0) is 28.1 Å². The van der Waals surface area contributed by atoms with Crippen molar-refractivity contribution in [3.8, 4) is 0 Å². The fourth-order valence-electron chi connectivity index (χ4n) is 1.16. The quantitative estimate of drug-likeness (QED) is 0.792. The molecule has 5 nitrogen and oxygen atoms in total. The van der Waals surface area contributed by atoms with Crippen LogP contribution in [0.2, 0.25) is 0 Å². The highest BCUT2D eigenvalue weighted by Gasteiger charge is 2.03. The molecule has 0 unspecified atom stereocenters. The molecule has 0 aliphatic rings. The summed E-state index contributed by atoms with van der Waals surface area (Å²) in [6, 6.07) is 3.79. The number of H-pyrrole nitrogens is 1. The molecule has 0 atom stereocenters. The number of aromatic amines is 1. The highest BCUT2D eigenvalue weighted by molar-refractivity contribution is 9.10. The Labute approximate surface area is 95.2 Å². The number of aromatic nitrogens is 3. The molecule has 0 saturated carbocycles. The summed E-state index contributed by atoms with van der Waals surface area (Å²) in [5.74, 6) is 1.37. The molecule has 0 bridgehead atoms. The Bertz CT molecular complexity index is 453. The number of rotatable bonds is 3. The second-order valence-electron chi connectivity index (χ2n) is 3.00. The van der Waals surface area contributed by atoms with E-state index < -0.39 is 0 Å². The predicted molar refractivity (Wildman–Crippen MR) is 62.3 cm³/mol. The van der Waals surface area contributed by atoms with Gasteiger partial charge in [0.1, 0.15) is 11.6 Å². The SMILES string of the molecule is Nc1[nH]ncc1CNc1ncccc1Br. The van der Waals surface area contributed by atoms with Crippen molar-refractivity contribution in [1.29, 1.82) is 0 Å². The highest BCUT2D eigenvalue weighted by atomic mass is 79.9. The second kappa shape index (κ2) is 4.31. The Kier molecular flexibility index (Phi) is 2.86. The number of nitrogens with two attached hydrogens (primary N) is 1. The lowest BCUT2D eigenvalue weighted by molar-refractivity contribution is 1.10. The lowest BCUT2D eigenvalue weighted by atomic mass is 10.3. The zero-order valence-electron chi connectivity index (χ0n) is 7.87. The first kappa shape index (κ1) is 9.97. The maximum absolute atomic E-state index is 5.65. The number of nitrogen functional groups attached to an aromatic ring is 1. The van der Waals surface area contributed by atoms with Crippen molar-refractivity contribution in [2.75, 3.05) is 11.1 Å². The van der Waals surface area contributed by atoms with E-state index in [1.54, 1.807) is 12.4 Å². The molecule has 0 amide bonds. The minimum Gasteiger partial charge on any atom is -0.384 e. The molecule has 0 aliphatic carbocycles. The number of anilines is 2. The first-order valence-electron chi connectivity index (χ1n) is 4.39. The molecule has 2 aromatic rings. The Morgan fingerprint density at radius 1 is 1.53 bits per heavy atom. The van der Waals surface area contributed by atoms with Crippen LogP contribution >= 0.6 is 15.9 Å². The zero-order valence-corrected chi connectivity index (χ0v) is 9.45. The van der Waals surface area contributed by atoms with Crippen molar-refractivity contribution in [3.63, 3.8) is 0 Å². The molecule has 0 fully saturated rings. The minimum absolute atomic E-state index is 0.578. The van der Waals surface area contributed by atoms with E-state index >= 15 is 0 Å². The lowest BCUT2D eigenvalue weighted by Crippen LogP contribution is -2.03. The molecule has 0 saturated heterocycles. The van der Waals surface area contributed by atoms with Crippen molar-refractivity contribution in [3.05, 3.63) is 34.6 Å². The zero-order chi connectivity index (χ0) is 10.7. The molecule has 0 aliphatic heterocycles. The molecule has 6 heteroatoms. The molecule has 15 heavy (non-hydrogen) atoms. The summed E-state index contributed by atoms with van der Waals surface area (Å²) in [5.41, 5.74) is 6.58. The van der Waals surface area contributed by atoms with E-state index in [1.807, 2.05) is 12.1 Å². The van der Waals surface area contributed by atoms with Gasteiger partial charge in [0.2, 0.25) is 0 Å². The second-order valence-corrected chi connectivity index (χ2v) is 3.85. The Balaban J connectivity index is 2.06. The monoisotopic (exact) mass is 267 g/mol. The molecule has 4 N–H and O–H groups in total. The van der Waals surface area contributed by atoms with E-state index in [-0.39, 0.29) is 0 Å². The average Bonchev–Trinajstić information content (AvgIpc) is 2.63. The van der Waals surface area contributed by atoms with Gasteiger partial charge in [-0.1, -0.05) is 0 Å². The summed E-state index contributed by atoms with van der Waals surface area (Å²) < 4.78 is 0.923. The standard InChI is InChI=1S/C9H10BrN5/c10-7-2-1-3-12-9(7)13-4-6-5-14-15-8(6)11/h1-3,5H,4H2,(H,12,13)(H3,11,14,15). The summed E-state index contributed by atoms with van der Waals surface area (Å²) in [4.78, 5) is 4.18. The van der Waals surface area contributed by atoms with Crippen LogP contribution in [0.15, 0.2) is 29.0 Å². The van der Waals surface area contributed by atoms with Gasteiger partial charge in [0, 0.05) is 18.3 Å². The molecular weight excluding hydrogens is 258 g/mol. The third-order valence-corrected chi connectivity index (χ3v) is 2.60. The smallest absolute Gasteiger partial charge is 0.140 e. The topological polar surface area (TPSA) is 79.6 Å². The molecular formula is C9H10BrN5. The summed E-state index contributed by atoms with van der Waals surface area (Å²) in [6.45, 7) is 0.595. The van der Waals surface area contributed by atoms with Crippen molar-refractivity contribution >= 4 is 27.6 Å². The van der Waals surface area contributed by atoms with E-state index in [0.717, 1.165) is 15.9 Å². The first-order chi connectivity index (χ1) is 7.27. The van der Waals surface area contributed by atoms with Crippen molar-refractivity contribution in [1.82, 2.24) is 15.2 Å². The summed E-state index contributed by atoms with van der Waals surface area (Å²) in [6.07, 6.45) is 3.42. The maximum atomic E-state index is 5.65. The van der Waals surface area contributed by atoms with Gasteiger partial charge in [0.15, 0.2) is 0 Å².